The number of aryl methyl sites for hydroxylation is 1. The average Bonchev–Trinajstić information content (AvgIpc) is 3.14. The number of carbonyl (C=O) groups is 1. The van der Waals surface area contributed by atoms with E-state index in [1.165, 1.54) is 6.07 Å². The average molecular weight is 409 g/mol. The number of ether oxygens (including phenoxy) is 1. The lowest BCUT2D eigenvalue weighted by atomic mass is 9.88. The van der Waals surface area contributed by atoms with Gasteiger partial charge in [-0.05, 0) is 55.9 Å². The predicted octanol–water partition coefficient (Wildman–Crippen LogP) is 4.44. The van der Waals surface area contributed by atoms with Gasteiger partial charge in [-0.15, -0.1) is 11.8 Å². The lowest BCUT2D eigenvalue weighted by Crippen LogP contribution is -2.11. The Balaban J connectivity index is 1.95. The molecule has 148 valence electrons. The minimum atomic E-state index is -0.475. The second-order valence-corrected chi connectivity index (χ2v) is 7.48. The standard InChI is InChI=1S/C21H19N3O4S/c1-3-28-21(25)19-17-11-5-13-4-6-15(24(26)27)12-18(13)20(17)23(22-19)14-7-9-16(29-2)10-8-14/h4,6-10,12H,3,5,11H2,1-2H3. The van der Waals surface area contributed by atoms with Crippen LogP contribution in [0.4, 0.5) is 5.69 Å². The Hall–Kier alpha value is -3.13. The number of esters is 1. The second-order valence-electron chi connectivity index (χ2n) is 6.60. The van der Waals surface area contributed by atoms with Crippen LogP contribution >= 0.6 is 11.8 Å². The summed E-state index contributed by atoms with van der Waals surface area (Å²) in [5.41, 5.74) is 4.29. The third-order valence-electron chi connectivity index (χ3n) is 4.97. The Labute approximate surface area is 171 Å². The van der Waals surface area contributed by atoms with Gasteiger partial charge in [0.05, 0.1) is 22.9 Å². The van der Waals surface area contributed by atoms with E-state index in [0.29, 0.717) is 12.8 Å². The highest BCUT2D eigenvalue weighted by Crippen LogP contribution is 2.39. The van der Waals surface area contributed by atoms with Gasteiger partial charge in [-0.25, -0.2) is 9.48 Å². The molecular weight excluding hydrogens is 390 g/mol. The molecule has 2 aromatic carbocycles. The molecule has 1 heterocycles. The van der Waals surface area contributed by atoms with E-state index < -0.39 is 10.9 Å². The third-order valence-corrected chi connectivity index (χ3v) is 5.72. The third kappa shape index (κ3) is 3.40. The molecule has 0 amide bonds. The molecule has 0 unspecified atom stereocenters. The zero-order valence-electron chi connectivity index (χ0n) is 16.0. The first kappa shape index (κ1) is 19.2. The molecular formula is C21H19N3O4S. The number of rotatable bonds is 5. The van der Waals surface area contributed by atoms with E-state index in [4.69, 9.17) is 4.74 Å². The molecule has 1 aliphatic rings. The number of non-ortho nitro benzene ring substituents is 1. The van der Waals surface area contributed by atoms with Gasteiger partial charge in [-0.2, -0.15) is 5.10 Å². The molecule has 1 aliphatic carbocycles. The quantitative estimate of drug-likeness (QED) is 0.268. The Morgan fingerprint density at radius 3 is 2.66 bits per heavy atom. The molecule has 0 atom stereocenters. The fraction of sp³-hybridized carbons (Fsp3) is 0.238. The second kappa shape index (κ2) is 7.71. The van der Waals surface area contributed by atoms with Gasteiger partial charge in [0.1, 0.15) is 0 Å². The molecule has 0 radical (unpaired) electrons. The molecule has 7 nitrogen and oxygen atoms in total. The largest absolute Gasteiger partial charge is 0.461 e. The van der Waals surface area contributed by atoms with Crippen LogP contribution in [0.1, 0.15) is 28.5 Å². The first-order chi connectivity index (χ1) is 14.0. The number of fused-ring (bicyclic) bond motifs is 3. The number of benzene rings is 2. The number of nitrogens with zero attached hydrogens (tertiary/aromatic N) is 3. The van der Waals surface area contributed by atoms with E-state index in [9.17, 15) is 14.9 Å². The topological polar surface area (TPSA) is 87.3 Å². The number of nitro groups is 1. The zero-order valence-corrected chi connectivity index (χ0v) is 16.9. The van der Waals surface area contributed by atoms with Crippen molar-refractivity contribution >= 4 is 23.4 Å². The fourth-order valence-electron chi connectivity index (χ4n) is 3.61. The summed E-state index contributed by atoms with van der Waals surface area (Å²) in [6.45, 7) is 2.01. The van der Waals surface area contributed by atoms with Crippen LogP contribution < -0.4 is 0 Å². The highest BCUT2D eigenvalue weighted by atomic mass is 32.2. The van der Waals surface area contributed by atoms with Crippen molar-refractivity contribution in [3.63, 3.8) is 0 Å². The fourth-order valence-corrected chi connectivity index (χ4v) is 4.02. The number of thioether (sulfide) groups is 1. The molecule has 0 saturated carbocycles. The van der Waals surface area contributed by atoms with Crippen molar-refractivity contribution in [3.05, 3.63) is 69.4 Å². The van der Waals surface area contributed by atoms with E-state index in [-0.39, 0.29) is 18.0 Å². The molecule has 4 rings (SSSR count). The van der Waals surface area contributed by atoms with Crippen molar-refractivity contribution in [1.29, 1.82) is 0 Å². The molecule has 0 bridgehead atoms. The summed E-state index contributed by atoms with van der Waals surface area (Å²) < 4.78 is 6.91. The molecule has 29 heavy (non-hydrogen) atoms. The van der Waals surface area contributed by atoms with Crippen molar-refractivity contribution < 1.29 is 14.5 Å². The normalized spacial score (nSPS) is 12.2. The van der Waals surface area contributed by atoms with Crippen LogP contribution in [0.3, 0.4) is 0 Å². The summed E-state index contributed by atoms with van der Waals surface area (Å²) in [6, 6.07) is 12.7. The first-order valence-electron chi connectivity index (χ1n) is 9.24. The maximum Gasteiger partial charge on any atom is 0.359 e. The van der Waals surface area contributed by atoms with Gasteiger partial charge in [-0.3, -0.25) is 10.1 Å². The summed E-state index contributed by atoms with van der Waals surface area (Å²) in [6.07, 6.45) is 3.31. The number of nitro benzene ring substituents is 1. The molecule has 1 aromatic heterocycles. The maximum atomic E-state index is 12.5. The van der Waals surface area contributed by atoms with Crippen molar-refractivity contribution in [3.8, 4) is 16.9 Å². The smallest absolute Gasteiger partial charge is 0.359 e. The van der Waals surface area contributed by atoms with Crippen LogP contribution in [0.25, 0.3) is 16.9 Å². The van der Waals surface area contributed by atoms with Gasteiger partial charge in [0, 0.05) is 28.2 Å². The van der Waals surface area contributed by atoms with Gasteiger partial charge in [0.15, 0.2) is 5.69 Å². The first-order valence-corrected chi connectivity index (χ1v) is 10.5. The molecule has 0 spiro atoms. The maximum absolute atomic E-state index is 12.5. The Morgan fingerprint density at radius 1 is 1.24 bits per heavy atom. The van der Waals surface area contributed by atoms with Gasteiger partial charge < -0.3 is 4.74 Å². The highest BCUT2D eigenvalue weighted by Gasteiger charge is 2.30. The van der Waals surface area contributed by atoms with Crippen LogP contribution in [-0.2, 0) is 17.6 Å². The Bertz CT molecular complexity index is 1110. The Morgan fingerprint density at radius 2 is 2.00 bits per heavy atom. The van der Waals surface area contributed by atoms with E-state index in [1.807, 2.05) is 30.5 Å². The van der Waals surface area contributed by atoms with Crippen LogP contribution in [0.5, 0.6) is 0 Å². The van der Waals surface area contributed by atoms with Crippen LogP contribution in [0.2, 0.25) is 0 Å². The molecule has 8 heteroatoms. The summed E-state index contributed by atoms with van der Waals surface area (Å²) in [7, 11) is 0. The van der Waals surface area contributed by atoms with E-state index in [1.54, 1.807) is 35.5 Å². The minimum absolute atomic E-state index is 0.0137. The van der Waals surface area contributed by atoms with Crippen LogP contribution in [0, 0.1) is 10.1 Å². The van der Waals surface area contributed by atoms with E-state index in [0.717, 1.165) is 33.0 Å². The minimum Gasteiger partial charge on any atom is -0.461 e. The highest BCUT2D eigenvalue weighted by molar-refractivity contribution is 7.98. The van der Waals surface area contributed by atoms with Crippen LogP contribution in [0.15, 0.2) is 47.4 Å². The van der Waals surface area contributed by atoms with E-state index in [2.05, 4.69) is 5.10 Å². The van der Waals surface area contributed by atoms with Gasteiger partial charge in [0.25, 0.3) is 5.69 Å². The lowest BCUT2D eigenvalue weighted by Gasteiger charge is -2.18. The molecule has 0 aliphatic heterocycles. The van der Waals surface area contributed by atoms with Gasteiger partial charge in [-0.1, -0.05) is 6.07 Å². The van der Waals surface area contributed by atoms with Gasteiger partial charge in [0.2, 0.25) is 0 Å². The summed E-state index contributed by atoms with van der Waals surface area (Å²) in [5, 5.41) is 15.9. The molecule has 3 aromatic rings. The molecule has 0 saturated heterocycles. The number of aromatic nitrogens is 2. The van der Waals surface area contributed by atoms with Crippen LogP contribution in [-0.4, -0.2) is 33.5 Å². The zero-order chi connectivity index (χ0) is 20.5. The summed E-state index contributed by atoms with van der Waals surface area (Å²) >= 11 is 1.63. The molecule has 0 N–H and O–H groups in total. The lowest BCUT2D eigenvalue weighted by molar-refractivity contribution is -0.384. The van der Waals surface area contributed by atoms with Crippen molar-refractivity contribution in [2.75, 3.05) is 12.9 Å². The summed E-state index contributed by atoms with van der Waals surface area (Å²) in [5.74, 6) is -0.475. The van der Waals surface area contributed by atoms with Gasteiger partial charge >= 0.3 is 5.97 Å². The van der Waals surface area contributed by atoms with Crippen molar-refractivity contribution in [2.24, 2.45) is 0 Å². The summed E-state index contributed by atoms with van der Waals surface area (Å²) in [4.78, 5) is 24.6. The predicted molar refractivity (Wildman–Crippen MR) is 111 cm³/mol. The Kier molecular flexibility index (Phi) is 5.10. The number of hydrogen-bond donors (Lipinski definition) is 0. The number of carbonyl (C=O) groups excluding carboxylic acids is 1. The number of hydrogen-bond acceptors (Lipinski definition) is 6. The van der Waals surface area contributed by atoms with Crippen molar-refractivity contribution in [2.45, 2.75) is 24.7 Å². The SMILES string of the molecule is CCOC(=O)c1nn(-c2ccc(SC)cc2)c2c1CCc1ccc([N+](=O)[O-])cc1-2. The monoisotopic (exact) mass is 409 g/mol. The van der Waals surface area contributed by atoms with Crippen molar-refractivity contribution in [1.82, 2.24) is 9.78 Å². The molecule has 0 fully saturated rings. The van der Waals surface area contributed by atoms with E-state index >= 15 is 0 Å².